The SMILES string of the molecule is COc1ccc(S(=O)N2C(=O)C(c3ccccc3OC)(N3CC(O)CC3C(=O)N(C)C)c3cc(Cl)ccc32)cc1OC. The van der Waals surface area contributed by atoms with Gasteiger partial charge in [-0.2, -0.15) is 0 Å². The highest BCUT2D eigenvalue weighted by Gasteiger charge is 2.62. The highest BCUT2D eigenvalue weighted by atomic mass is 35.5. The van der Waals surface area contributed by atoms with Crippen molar-refractivity contribution in [2.75, 3.05) is 46.3 Å². The van der Waals surface area contributed by atoms with Crippen LogP contribution in [-0.4, -0.2) is 85.0 Å². The number of nitrogens with zero attached hydrogens (tertiary/aromatic N) is 3. The Hall–Kier alpha value is -3.64. The number of hydrogen-bond acceptors (Lipinski definition) is 8. The molecule has 5 rings (SSSR count). The molecular weight excluding hydrogens is 582 g/mol. The second kappa shape index (κ2) is 11.6. The monoisotopic (exact) mass is 613 g/mol. The summed E-state index contributed by atoms with van der Waals surface area (Å²) >= 11 is 6.55. The zero-order valence-corrected chi connectivity index (χ0v) is 25.4. The molecule has 1 saturated heterocycles. The van der Waals surface area contributed by atoms with Crippen LogP contribution < -0.4 is 18.5 Å². The average molecular weight is 614 g/mol. The fraction of sp³-hybridized carbons (Fsp3) is 0.333. The zero-order valence-electron chi connectivity index (χ0n) is 23.9. The molecule has 42 heavy (non-hydrogen) atoms. The number of likely N-dealkylation sites (N-methyl/N-ethyl adjacent to an activating group) is 1. The normalized spacial score (nSPS) is 22.5. The van der Waals surface area contributed by atoms with Crippen molar-refractivity contribution in [1.29, 1.82) is 0 Å². The Balaban J connectivity index is 1.80. The molecule has 0 bridgehead atoms. The van der Waals surface area contributed by atoms with Gasteiger partial charge in [-0.1, -0.05) is 29.8 Å². The molecule has 1 fully saturated rings. The zero-order chi connectivity index (χ0) is 30.3. The third-order valence-electron chi connectivity index (χ3n) is 7.72. The molecule has 4 atom stereocenters. The van der Waals surface area contributed by atoms with Crippen molar-refractivity contribution in [3.8, 4) is 17.2 Å². The fourth-order valence-corrected chi connectivity index (χ4v) is 7.29. The standard InChI is InChI=1S/C30H32ClN3O7S/c1-32(2)28(36)24-15-19(35)17-33(24)30(21-8-6-7-9-25(21)39-3)22-14-18(31)10-12-23(22)34(29(30)37)42(38)20-11-13-26(40-4)27(16-20)41-5/h6-14,16,19,24,35H,15,17H2,1-5H3. The Morgan fingerprint density at radius 1 is 0.976 bits per heavy atom. The average Bonchev–Trinajstić information content (AvgIpc) is 3.50. The molecule has 0 spiro atoms. The van der Waals surface area contributed by atoms with Crippen molar-refractivity contribution >= 4 is 40.1 Å². The molecule has 0 radical (unpaired) electrons. The summed E-state index contributed by atoms with van der Waals surface area (Å²) in [5.74, 6) is 0.312. The maximum atomic E-state index is 15.1. The van der Waals surface area contributed by atoms with E-state index in [9.17, 15) is 14.1 Å². The molecule has 0 saturated carbocycles. The van der Waals surface area contributed by atoms with Gasteiger partial charge < -0.3 is 24.2 Å². The van der Waals surface area contributed by atoms with E-state index < -0.39 is 34.6 Å². The number of para-hydroxylation sites is 1. The summed E-state index contributed by atoms with van der Waals surface area (Å²) in [7, 11) is 5.64. The van der Waals surface area contributed by atoms with Crippen LogP contribution in [0.3, 0.4) is 0 Å². The third-order valence-corrected chi connectivity index (χ3v) is 9.30. The number of aliphatic hydroxyl groups excluding tert-OH is 1. The lowest BCUT2D eigenvalue weighted by molar-refractivity contribution is -0.138. The summed E-state index contributed by atoms with van der Waals surface area (Å²) in [5.41, 5.74) is -0.518. The number of fused-ring (bicyclic) bond motifs is 1. The largest absolute Gasteiger partial charge is 0.496 e. The lowest BCUT2D eigenvalue weighted by Gasteiger charge is -2.42. The Bertz CT molecular complexity index is 1570. The molecule has 2 amide bonds. The van der Waals surface area contributed by atoms with Crippen LogP contribution in [0, 0.1) is 0 Å². The molecule has 2 heterocycles. The molecular formula is C30H32ClN3O7S. The van der Waals surface area contributed by atoms with Crippen LogP contribution in [0.5, 0.6) is 17.2 Å². The second-order valence-electron chi connectivity index (χ2n) is 10.2. The van der Waals surface area contributed by atoms with Crippen LogP contribution >= 0.6 is 11.6 Å². The summed E-state index contributed by atoms with van der Waals surface area (Å²) in [6, 6.07) is 15.8. The van der Waals surface area contributed by atoms with Gasteiger partial charge in [0.25, 0.3) is 5.91 Å². The predicted molar refractivity (Wildman–Crippen MR) is 158 cm³/mol. The minimum absolute atomic E-state index is 0.00315. The molecule has 12 heteroatoms. The van der Waals surface area contributed by atoms with Gasteiger partial charge in [-0.05, 0) is 42.8 Å². The Kier molecular flexibility index (Phi) is 8.21. The molecule has 2 aliphatic rings. The van der Waals surface area contributed by atoms with Crippen molar-refractivity contribution in [1.82, 2.24) is 9.80 Å². The van der Waals surface area contributed by atoms with Crippen LogP contribution in [0.25, 0.3) is 0 Å². The van der Waals surface area contributed by atoms with Gasteiger partial charge in [0.2, 0.25) is 5.91 Å². The van der Waals surface area contributed by atoms with Gasteiger partial charge in [-0.25, -0.2) is 8.51 Å². The molecule has 1 N–H and O–H groups in total. The number of hydrogen-bond donors (Lipinski definition) is 1. The van der Waals surface area contributed by atoms with E-state index in [4.69, 9.17) is 25.8 Å². The Morgan fingerprint density at radius 3 is 2.33 bits per heavy atom. The second-order valence-corrected chi connectivity index (χ2v) is 12.0. The molecule has 222 valence electrons. The summed E-state index contributed by atoms with van der Waals surface area (Å²) < 4.78 is 32.1. The van der Waals surface area contributed by atoms with Gasteiger partial charge in [0, 0.05) is 42.9 Å². The maximum absolute atomic E-state index is 15.1. The number of aliphatic hydroxyl groups is 1. The Labute approximate surface area is 251 Å². The van der Waals surface area contributed by atoms with Gasteiger partial charge in [-0.3, -0.25) is 14.5 Å². The first kappa shape index (κ1) is 29.8. The summed E-state index contributed by atoms with van der Waals surface area (Å²) in [6.45, 7) is -0.00315. The molecule has 3 aromatic rings. The van der Waals surface area contributed by atoms with Gasteiger partial charge in [0.05, 0.1) is 44.1 Å². The number of β-amino-alcohol motifs (C(OH)–C–C–N with tert-alkyl or cyclic N) is 1. The first-order chi connectivity index (χ1) is 20.1. The molecule has 0 aromatic heterocycles. The van der Waals surface area contributed by atoms with Crippen molar-refractivity contribution in [3.63, 3.8) is 0 Å². The maximum Gasteiger partial charge on any atom is 0.269 e. The molecule has 10 nitrogen and oxygen atoms in total. The summed E-state index contributed by atoms with van der Waals surface area (Å²) in [4.78, 5) is 32.1. The first-order valence-electron chi connectivity index (χ1n) is 13.2. The number of anilines is 1. The quantitative estimate of drug-likeness (QED) is 0.413. The van der Waals surface area contributed by atoms with E-state index in [-0.39, 0.29) is 18.9 Å². The van der Waals surface area contributed by atoms with E-state index in [1.807, 2.05) is 0 Å². The highest BCUT2D eigenvalue weighted by molar-refractivity contribution is 7.87. The minimum Gasteiger partial charge on any atom is -0.496 e. The minimum atomic E-state index is -2.07. The van der Waals surface area contributed by atoms with Crippen LogP contribution in [0.1, 0.15) is 17.5 Å². The van der Waals surface area contributed by atoms with E-state index in [0.29, 0.717) is 44.0 Å². The molecule has 4 unspecified atom stereocenters. The molecule has 0 aliphatic carbocycles. The van der Waals surface area contributed by atoms with Crippen molar-refractivity contribution in [2.45, 2.75) is 29.0 Å². The van der Waals surface area contributed by atoms with E-state index in [1.165, 1.54) is 30.5 Å². The summed E-state index contributed by atoms with van der Waals surface area (Å²) in [6.07, 6.45) is -0.790. The van der Waals surface area contributed by atoms with E-state index in [1.54, 1.807) is 79.7 Å². The molecule has 2 aliphatic heterocycles. The van der Waals surface area contributed by atoms with Crippen molar-refractivity contribution in [2.24, 2.45) is 0 Å². The van der Waals surface area contributed by atoms with E-state index in [2.05, 4.69) is 0 Å². The molecule has 3 aromatic carbocycles. The third kappa shape index (κ3) is 4.60. The number of methoxy groups -OCH3 is 3. The lowest BCUT2D eigenvalue weighted by Crippen LogP contribution is -2.59. The van der Waals surface area contributed by atoms with E-state index >= 15 is 4.79 Å². The van der Waals surface area contributed by atoms with Crippen LogP contribution in [0.2, 0.25) is 5.02 Å². The van der Waals surface area contributed by atoms with Gasteiger partial charge in [0.1, 0.15) is 5.75 Å². The van der Waals surface area contributed by atoms with Gasteiger partial charge in [-0.15, -0.1) is 0 Å². The smallest absolute Gasteiger partial charge is 0.269 e. The number of halogens is 1. The first-order valence-corrected chi connectivity index (χ1v) is 14.7. The number of carbonyl (C=O) groups excluding carboxylic acids is 2. The topological polar surface area (TPSA) is 109 Å². The van der Waals surface area contributed by atoms with Crippen molar-refractivity contribution in [3.05, 3.63) is 76.8 Å². The number of carbonyl (C=O) groups is 2. The van der Waals surface area contributed by atoms with Crippen LogP contribution in [0.15, 0.2) is 65.6 Å². The number of ether oxygens (including phenoxy) is 3. The van der Waals surface area contributed by atoms with Crippen LogP contribution in [0.4, 0.5) is 5.69 Å². The van der Waals surface area contributed by atoms with Crippen molar-refractivity contribution < 1.29 is 33.1 Å². The number of rotatable bonds is 8. The van der Waals surface area contributed by atoms with Crippen LogP contribution in [-0.2, 0) is 26.1 Å². The predicted octanol–water partition coefficient (Wildman–Crippen LogP) is 3.20. The lowest BCUT2D eigenvalue weighted by atomic mass is 9.80. The highest BCUT2D eigenvalue weighted by Crippen LogP contribution is 2.54. The van der Waals surface area contributed by atoms with Gasteiger partial charge in [0.15, 0.2) is 28.0 Å². The van der Waals surface area contributed by atoms with Gasteiger partial charge >= 0.3 is 0 Å². The summed E-state index contributed by atoms with van der Waals surface area (Å²) in [5, 5.41) is 11.3. The number of benzene rings is 3. The number of amides is 2. The fourth-order valence-electron chi connectivity index (χ4n) is 5.89. The number of likely N-dealkylation sites (tertiary alicyclic amines) is 1. The van der Waals surface area contributed by atoms with E-state index in [0.717, 1.165) is 0 Å². The Morgan fingerprint density at radius 2 is 1.67 bits per heavy atom.